The molecular formula is C15H19N5O3S. The molecule has 1 heterocycles. The number of ether oxygens (including phenoxy) is 1. The smallest absolute Gasteiger partial charge is 0.337 e. The van der Waals surface area contributed by atoms with Crippen LogP contribution in [0.2, 0.25) is 0 Å². The van der Waals surface area contributed by atoms with Crippen molar-refractivity contribution < 1.29 is 14.3 Å². The molecule has 0 aliphatic carbocycles. The molecule has 2 aromatic rings. The van der Waals surface area contributed by atoms with Gasteiger partial charge in [-0.2, -0.15) is 4.68 Å². The summed E-state index contributed by atoms with van der Waals surface area (Å²) in [6.45, 7) is 5.76. The first-order chi connectivity index (χ1) is 11.3. The number of nitrogens with zero attached hydrogens (tertiary/aromatic N) is 4. The van der Waals surface area contributed by atoms with E-state index >= 15 is 0 Å². The molecule has 2 rings (SSSR count). The number of nitrogens with one attached hydrogen (secondary N) is 1. The Morgan fingerprint density at radius 3 is 2.50 bits per heavy atom. The Morgan fingerprint density at radius 1 is 1.25 bits per heavy atom. The summed E-state index contributed by atoms with van der Waals surface area (Å²) in [5, 5.41) is 14.9. The minimum atomic E-state index is -0.410. The van der Waals surface area contributed by atoms with Crippen LogP contribution in [-0.2, 0) is 9.53 Å². The molecule has 0 spiro atoms. The van der Waals surface area contributed by atoms with E-state index in [1.807, 2.05) is 20.8 Å². The number of thioether (sulfide) groups is 1. The molecule has 24 heavy (non-hydrogen) atoms. The largest absolute Gasteiger partial charge is 0.465 e. The van der Waals surface area contributed by atoms with E-state index in [1.165, 1.54) is 23.6 Å². The Balaban J connectivity index is 2.07. The Hall–Kier alpha value is -2.42. The molecule has 1 N–H and O–H groups in total. The average Bonchev–Trinajstić information content (AvgIpc) is 2.99. The predicted octanol–water partition coefficient (Wildman–Crippen LogP) is 1.46. The molecule has 1 amide bonds. The molecule has 0 saturated carbocycles. The number of methoxy groups -OCH3 is 1. The maximum absolute atomic E-state index is 11.9. The van der Waals surface area contributed by atoms with E-state index in [9.17, 15) is 9.59 Å². The number of amides is 1. The third-order valence-corrected chi connectivity index (χ3v) is 3.74. The van der Waals surface area contributed by atoms with Crippen molar-refractivity contribution >= 4 is 23.6 Å². The molecule has 0 unspecified atom stereocenters. The van der Waals surface area contributed by atoms with Gasteiger partial charge in [0, 0.05) is 5.54 Å². The Morgan fingerprint density at radius 2 is 1.92 bits per heavy atom. The first kappa shape index (κ1) is 17.9. The van der Waals surface area contributed by atoms with Crippen molar-refractivity contribution in [3.8, 4) is 5.69 Å². The summed E-state index contributed by atoms with van der Waals surface area (Å²) in [6, 6.07) is 6.68. The molecule has 0 bridgehead atoms. The number of hydrogen-bond acceptors (Lipinski definition) is 7. The van der Waals surface area contributed by atoms with Crippen LogP contribution in [0, 0.1) is 0 Å². The molecule has 9 heteroatoms. The van der Waals surface area contributed by atoms with Crippen molar-refractivity contribution in [2.45, 2.75) is 31.5 Å². The van der Waals surface area contributed by atoms with E-state index in [0.29, 0.717) is 16.4 Å². The van der Waals surface area contributed by atoms with Gasteiger partial charge >= 0.3 is 5.97 Å². The summed E-state index contributed by atoms with van der Waals surface area (Å²) in [5.74, 6) is -0.299. The second kappa shape index (κ2) is 7.43. The third-order valence-electron chi connectivity index (χ3n) is 2.82. The summed E-state index contributed by atoms with van der Waals surface area (Å²) in [6.07, 6.45) is 0. The molecule has 0 saturated heterocycles. The fourth-order valence-electron chi connectivity index (χ4n) is 1.87. The summed E-state index contributed by atoms with van der Waals surface area (Å²) >= 11 is 1.24. The zero-order valence-electron chi connectivity index (χ0n) is 13.9. The maximum atomic E-state index is 11.9. The fraction of sp³-hybridized carbons (Fsp3) is 0.400. The van der Waals surface area contributed by atoms with Gasteiger partial charge in [0.05, 0.1) is 24.1 Å². The zero-order valence-corrected chi connectivity index (χ0v) is 14.8. The van der Waals surface area contributed by atoms with E-state index in [2.05, 4.69) is 25.6 Å². The molecule has 0 atom stereocenters. The standard InChI is InChI=1S/C15H19N5O3S/c1-15(2,3)16-12(21)9-24-14-17-18-19-20(14)11-7-5-10(6-8-11)13(22)23-4/h5-8H,9H2,1-4H3,(H,16,21). The highest BCUT2D eigenvalue weighted by molar-refractivity contribution is 7.99. The molecule has 1 aromatic carbocycles. The normalized spacial score (nSPS) is 11.2. The van der Waals surface area contributed by atoms with E-state index in [-0.39, 0.29) is 17.2 Å². The number of rotatable bonds is 5. The van der Waals surface area contributed by atoms with Crippen LogP contribution in [0.25, 0.3) is 5.69 Å². The van der Waals surface area contributed by atoms with Crippen LogP contribution in [0.15, 0.2) is 29.4 Å². The lowest BCUT2D eigenvalue weighted by atomic mass is 10.1. The lowest BCUT2D eigenvalue weighted by Gasteiger charge is -2.20. The molecule has 0 fully saturated rings. The van der Waals surface area contributed by atoms with Crippen LogP contribution in [0.3, 0.4) is 0 Å². The molecule has 0 aliphatic rings. The highest BCUT2D eigenvalue weighted by atomic mass is 32.2. The number of aromatic nitrogens is 4. The quantitative estimate of drug-likeness (QED) is 0.644. The molecule has 8 nitrogen and oxygen atoms in total. The van der Waals surface area contributed by atoms with Crippen molar-refractivity contribution in [1.82, 2.24) is 25.5 Å². The highest BCUT2D eigenvalue weighted by Crippen LogP contribution is 2.18. The Bertz CT molecular complexity index is 721. The first-order valence-corrected chi connectivity index (χ1v) is 8.19. The van der Waals surface area contributed by atoms with Gasteiger partial charge in [0.15, 0.2) is 0 Å². The number of esters is 1. The fourth-order valence-corrected chi connectivity index (χ4v) is 2.56. The summed E-state index contributed by atoms with van der Waals surface area (Å²) in [5.41, 5.74) is 0.840. The minimum Gasteiger partial charge on any atom is -0.465 e. The van der Waals surface area contributed by atoms with E-state index in [4.69, 9.17) is 0 Å². The van der Waals surface area contributed by atoms with Crippen LogP contribution in [0.5, 0.6) is 0 Å². The van der Waals surface area contributed by atoms with E-state index in [0.717, 1.165) is 0 Å². The SMILES string of the molecule is COC(=O)c1ccc(-n2nnnc2SCC(=O)NC(C)(C)C)cc1. The number of tetrazole rings is 1. The first-order valence-electron chi connectivity index (χ1n) is 7.21. The van der Waals surface area contributed by atoms with Gasteiger partial charge in [0.1, 0.15) is 0 Å². The second-order valence-electron chi connectivity index (χ2n) is 6.00. The van der Waals surface area contributed by atoms with Crippen molar-refractivity contribution in [2.24, 2.45) is 0 Å². The Labute approximate surface area is 144 Å². The monoisotopic (exact) mass is 349 g/mol. The third kappa shape index (κ3) is 4.79. The minimum absolute atomic E-state index is 0.0944. The molecule has 0 aliphatic heterocycles. The van der Waals surface area contributed by atoms with Crippen LogP contribution in [0.4, 0.5) is 0 Å². The highest BCUT2D eigenvalue weighted by Gasteiger charge is 2.16. The zero-order chi connectivity index (χ0) is 17.7. The van der Waals surface area contributed by atoms with Crippen LogP contribution in [-0.4, -0.2) is 50.5 Å². The Kier molecular flexibility index (Phi) is 5.55. The second-order valence-corrected chi connectivity index (χ2v) is 6.94. The van der Waals surface area contributed by atoms with Crippen molar-refractivity contribution in [2.75, 3.05) is 12.9 Å². The van der Waals surface area contributed by atoms with Gasteiger partial charge < -0.3 is 10.1 Å². The lowest BCUT2D eigenvalue weighted by Crippen LogP contribution is -2.41. The van der Waals surface area contributed by atoms with Gasteiger partial charge in [-0.15, -0.1) is 5.10 Å². The van der Waals surface area contributed by atoms with Crippen LogP contribution >= 0.6 is 11.8 Å². The van der Waals surface area contributed by atoms with Crippen molar-refractivity contribution in [3.63, 3.8) is 0 Å². The summed E-state index contributed by atoms with van der Waals surface area (Å²) in [7, 11) is 1.33. The number of carbonyl (C=O) groups is 2. The van der Waals surface area contributed by atoms with Gasteiger partial charge in [-0.25, -0.2) is 4.79 Å². The summed E-state index contributed by atoms with van der Waals surface area (Å²) < 4.78 is 6.17. The van der Waals surface area contributed by atoms with Gasteiger partial charge in [-0.1, -0.05) is 11.8 Å². The van der Waals surface area contributed by atoms with Crippen LogP contribution < -0.4 is 5.32 Å². The van der Waals surface area contributed by atoms with Gasteiger partial charge in [-0.05, 0) is 55.5 Å². The average molecular weight is 349 g/mol. The van der Waals surface area contributed by atoms with Crippen molar-refractivity contribution in [3.05, 3.63) is 29.8 Å². The number of benzene rings is 1. The van der Waals surface area contributed by atoms with E-state index < -0.39 is 5.97 Å². The van der Waals surface area contributed by atoms with E-state index in [1.54, 1.807) is 24.3 Å². The maximum Gasteiger partial charge on any atom is 0.337 e. The topological polar surface area (TPSA) is 99.0 Å². The number of carbonyl (C=O) groups excluding carboxylic acids is 2. The van der Waals surface area contributed by atoms with Crippen LogP contribution in [0.1, 0.15) is 31.1 Å². The van der Waals surface area contributed by atoms with Gasteiger partial charge in [-0.3, -0.25) is 4.79 Å². The molecular weight excluding hydrogens is 330 g/mol. The van der Waals surface area contributed by atoms with Gasteiger partial charge in [0.25, 0.3) is 0 Å². The summed E-state index contributed by atoms with van der Waals surface area (Å²) in [4.78, 5) is 23.3. The predicted molar refractivity (Wildman–Crippen MR) is 89.1 cm³/mol. The lowest BCUT2D eigenvalue weighted by molar-refractivity contribution is -0.119. The van der Waals surface area contributed by atoms with Crippen molar-refractivity contribution in [1.29, 1.82) is 0 Å². The van der Waals surface area contributed by atoms with Gasteiger partial charge in [0.2, 0.25) is 11.1 Å². The molecule has 0 radical (unpaired) electrons. The molecule has 1 aromatic heterocycles. The molecule has 128 valence electrons. The number of hydrogen-bond donors (Lipinski definition) is 1.